The molecule has 0 fully saturated rings. The van der Waals surface area contributed by atoms with E-state index in [-0.39, 0.29) is 23.3 Å². The number of thioether (sulfide) groups is 1. The van der Waals surface area contributed by atoms with E-state index in [1.165, 1.54) is 23.9 Å². The molecule has 0 aliphatic carbocycles. The molecule has 1 heterocycles. The number of hydrogen-bond donors (Lipinski definition) is 2. The van der Waals surface area contributed by atoms with Crippen LogP contribution in [0.15, 0.2) is 29.6 Å². The van der Waals surface area contributed by atoms with Gasteiger partial charge in [-0.3, -0.25) is 4.79 Å². The van der Waals surface area contributed by atoms with Crippen LogP contribution in [0.1, 0.15) is 5.69 Å². The molecular weight excluding hydrogens is 317 g/mol. The van der Waals surface area contributed by atoms with E-state index in [1.807, 2.05) is 0 Å². The van der Waals surface area contributed by atoms with Crippen molar-refractivity contribution in [3.05, 3.63) is 40.9 Å². The number of aliphatic hydroxyl groups is 1. The number of carbonyl (C=O) groups is 1. The van der Waals surface area contributed by atoms with Crippen molar-refractivity contribution in [3.63, 3.8) is 0 Å². The molecule has 1 aromatic heterocycles. The van der Waals surface area contributed by atoms with Crippen LogP contribution in [0.4, 0.5) is 10.1 Å². The van der Waals surface area contributed by atoms with Crippen LogP contribution in [0.3, 0.4) is 0 Å². The van der Waals surface area contributed by atoms with Gasteiger partial charge in [-0.25, -0.2) is 9.37 Å². The van der Waals surface area contributed by atoms with Crippen LogP contribution in [-0.2, 0) is 18.4 Å². The molecule has 21 heavy (non-hydrogen) atoms. The Morgan fingerprint density at radius 2 is 2.33 bits per heavy atom. The number of amides is 1. The van der Waals surface area contributed by atoms with Crippen molar-refractivity contribution in [1.29, 1.82) is 0 Å². The van der Waals surface area contributed by atoms with E-state index < -0.39 is 5.82 Å². The van der Waals surface area contributed by atoms with Gasteiger partial charge in [0, 0.05) is 7.05 Å². The van der Waals surface area contributed by atoms with E-state index in [4.69, 9.17) is 16.7 Å². The minimum atomic E-state index is -0.461. The molecular formula is C13H13ClFN3O2S. The molecule has 0 aliphatic heterocycles. The highest BCUT2D eigenvalue weighted by molar-refractivity contribution is 7.99. The number of aliphatic hydroxyl groups excluding tert-OH is 1. The first-order valence-electron chi connectivity index (χ1n) is 6.00. The monoisotopic (exact) mass is 329 g/mol. The molecule has 2 aromatic rings. The molecule has 0 saturated carbocycles. The maximum atomic E-state index is 12.9. The largest absolute Gasteiger partial charge is 0.390 e. The van der Waals surface area contributed by atoms with Gasteiger partial charge >= 0.3 is 0 Å². The van der Waals surface area contributed by atoms with Crippen molar-refractivity contribution in [3.8, 4) is 0 Å². The maximum absolute atomic E-state index is 12.9. The molecule has 0 saturated heterocycles. The number of halogens is 2. The Morgan fingerprint density at radius 3 is 2.95 bits per heavy atom. The van der Waals surface area contributed by atoms with Crippen LogP contribution in [-0.4, -0.2) is 26.3 Å². The number of rotatable bonds is 5. The third-order valence-corrected chi connectivity index (χ3v) is 4.10. The molecule has 0 aliphatic rings. The summed E-state index contributed by atoms with van der Waals surface area (Å²) < 4.78 is 14.6. The van der Waals surface area contributed by atoms with E-state index in [0.717, 1.165) is 6.07 Å². The summed E-state index contributed by atoms with van der Waals surface area (Å²) in [5.41, 5.74) is 1.03. The van der Waals surface area contributed by atoms with E-state index in [0.29, 0.717) is 16.5 Å². The van der Waals surface area contributed by atoms with E-state index in [2.05, 4.69) is 10.3 Å². The molecule has 8 heteroatoms. The first-order valence-corrected chi connectivity index (χ1v) is 7.36. The zero-order chi connectivity index (χ0) is 15.4. The Kier molecular flexibility index (Phi) is 5.22. The van der Waals surface area contributed by atoms with Gasteiger partial charge < -0.3 is 15.0 Å². The summed E-state index contributed by atoms with van der Waals surface area (Å²) in [6.07, 6.45) is 1.55. The lowest BCUT2D eigenvalue weighted by atomic mass is 10.3. The van der Waals surface area contributed by atoms with Gasteiger partial charge in [-0.1, -0.05) is 23.4 Å². The second kappa shape index (κ2) is 6.93. The number of benzene rings is 1. The second-order valence-electron chi connectivity index (χ2n) is 4.21. The zero-order valence-corrected chi connectivity index (χ0v) is 12.7. The van der Waals surface area contributed by atoms with Crippen molar-refractivity contribution >= 4 is 35.0 Å². The standard InChI is InChI=1S/C13H13ClFN3O2S/c1-18-9(6-19)5-16-13(18)21-7-12(20)17-11-3-2-8(15)4-10(11)14/h2-5,19H,6-7H2,1H3,(H,17,20). The van der Waals surface area contributed by atoms with Gasteiger partial charge in [0.05, 0.1) is 35.0 Å². The Balaban J connectivity index is 1.94. The van der Waals surface area contributed by atoms with Gasteiger partial charge in [0.2, 0.25) is 5.91 Å². The highest BCUT2D eigenvalue weighted by Gasteiger charge is 2.11. The van der Waals surface area contributed by atoms with Crippen LogP contribution in [0.25, 0.3) is 0 Å². The summed E-state index contributed by atoms with van der Waals surface area (Å²) in [6, 6.07) is 3.77. The van der Waals surface area contributed by atoms with Gasteiger partial charge in [0.15, 0.2) is 5.16 Å². The first kappa shape index (κ1) is 15.8. The average molecular weight is 330 g/mol. The average Bonchev–Trinajstić information content (AvgIpc) is 2.80. The minimum absolute atomic E-state index is 0.110. The Labute approximate surface area is 130 Å². The van der Waals surface area contributed by atoms with Crippen LogP contribution in [0, 0.1) is 5.82 Å². The summed E-state index contributed by atoms with van der Waals surface area (Å²) in [5.74, 6) is -0.609. The lowest BCUT2D eigenvalue weighted by molar-refractivity contribution is -0.113. The van der Waals surface area contributed by atoms with Crippen molar-refractivity contribution in [2.45, 2.75) is 11.8 Å². The third kappa shape index (κ3) is 3.96. The molecule has 0 atom stereocenters. The van der Waals surface area contributed by atoms with E-state index in [9.17, 15) is 9.18 Å². The predicted molar refractivity (Wildman–Crippen MR) is 79.9 cm³/mol. The molecule has 0 spiro atoms. The highest BCUT2D eigenvalue weighted by Crippen LogP contribution is 2.23. The van der Waals surface area contributed by atoms with Crippen molar-refractivity contribution in [2.24, 2.45) is 7.05 Å². The topological polar surface area (TPSA) is 67.1 Å². The molecule has 2 rings (SSSR count). The van der Waals surface area contributed by atoms with Crippen molar-refractivity contribution in [2.75, 3.05) is 11.1 Å². The summed E-state index contributed by atoms with van der Waals surface area (Å²) in [5, 5.41) is 12.4. The molecule has 0 unspecified atom stereocenters. The molecule has 1 amide bonds. The quantitative estimate of drug-likeness (QED) is 0.827. The summed E-state index contributed by atoms with van der Waals surface area (Å²) in [4.78, 5) is 15.9. The molecule has 1 aromatic carbocycles. The van der Waals surface area contributed by atoms with Crippen LogP contribution in [0.5, 0.6) is 0 Å². The number of carbonyl (C=O) groups excluding carboxylic acids is 1. The first-order chi connectivity index (χ1) is 10.0. The predicted octanol–water partition coefficient (Wildman–Crippen LogP) is 2.44. The number of nitrogens with one attached hydrogen (secondary N) is 1. The van der Waals surface area contributed by atoms with Crippen molar-refractivity contribution in [1.82, 2.24) is 9.55 Å². The molecule has 0 bridgehead atoms. The maximum Gasteiger partial charge on any atom is 0.234 e. The van der Waals surface area contributed by atoms with Crippen molar-refractivity contribution < 1.29 is 14.3 Å². The highest BCUT2D eigenvalue weighted by atomic mass is 35.5. The smallest absolute Gasteiger partial charge is 0.234 e. The molecule has 5 nitrogen and oxygen atoms in total. The number of imidazole rings is 1. The summed E-state index contributed by atoms with van der Waals surface area (Å²) in [7, 11) is 1.76. The summed E-state index contributed by atoms with van der Waals surface area (Å²) >= 11 is 7.06. The van der Waals surface area contributed by atoms with Gasteiger partial charge in [-0.05, 0) is 18.2 Å². The van der Waals surface area contributed by atoms with Gasteiger partial charge in [-0.2, -0.15) is 0 Å². The van der Waals surface area contributed by atoms with Gasteiger partial charge in [0.1, 0.15) is 5.82 Å². The Morgan fingerprint density at radius 1 is 1.57 bits per heavy atom. The number of hydrogen-bond acceptors (Lipinski definition) is 4. The zero-order valence-electron chi connectivity index (χ0n) is 11.1. The Hall–Kier alpha value is -1.57. The fourth-order valence-corrected chi connectivity index (χ4v) is 2.60. The lowest BCUT2D eigenvalue weighted by Gasteiger charge is -2.07. The third-order valence-electron chi connectivity index (χ3n) is 2.74. The molecule has 2 N–H and O–H groups in total. The molecule has 112 valence electrons. The normalized spacial score (nSPS) is 10.7. The van der Waals surface area contributed by atoms with Gasteiger partial charge in [0.25, 0.3) is 0 Å². The minimum Gasteiger partial charge on any atom is -0.390 e. The van der Waals surface area contributed by atoms with Crippen LogP contribution >= 0.6 is 23.4 Å². The lowest BCUT2D eigenvalue weighted by Crippen LogP contribution is -2.15. The summed E-state index contributed by atoms with van der Waals surface area (Å²) in [6.45, 7) is -0.110. The number of aromatic nitrogens is 2. The van der Waals surface area contributed by atoms with E-state index in [1.54, 1.807) is 17.8 Å². The second-order valence-corrected chi connectivity index (χ2v) is 5.56. The van der Waals surface area contributed by atoms with Gasteiger partial charge in [-0.15, -0.1) is 0 Å². The number of nitrogens with zero attached hydrogens (tertiary/aromatic N) is 2. The molecule has 0 radical (unpaired) electrons. The Bertz CT molecular complexity index is 663. The number of anilines is 1. The SMILES string of the molecule is Cn1c(CO)cnc1SCC(=O)Nc1ccc(F)cc1Cl. The van der Waals surface area contributed by atoms with E-state index >= 15 is 0 Å². The van der Waals surface area contributed by atoms with Crippen LogP contribution in [0.2, 0.25) is 5.02 Å². The fourth-order valence-electron chi connectivity index (χ4n) is 1.61. The fraction of sp³-hybridized carbons (Fsp3) is 0.231. The van der Waals surface area contributed by atoms with Crippen LogP contribution < -0.4 is 5.32 Å².